The van der Waals surface area contributed by atoms with Crippen LogP contribution < -0.4 is 40.7 Å². The Bertz CT molecular complexity index is 1900. The number of aromatic nitrogens is 8. The standard InChI is InChI=1S/C11H13IN4O4.C11H13N7O4.CH3F.N3.Na/c1-4-14-9-6(10(19)15-4)13-3-16(9)11-8(18)7(17)5(2-12)20-11;1-4-15-9-6(10(21)16-4)13-3-18(9)11-8(20)7(19)5(22-11)2-14-17-12;1-2;1-3-2;/h3,5,7-8,11,17-18H,2H2,1H3,(H,14,15,19);3,5,7-8,11,19-20H,2H2,1H3,(H,15,16,21);1H3;;/q;;;-1;+1/t2*5-,7?,8+,11-;;;/m11.../s1/i;;1D;;. The third-order valence-electron chi connectivity index (χ3n) is 6.80. The van der Waals surface area contributed by atoms with Crippen LogP contribution in [0.2, 0.25) is 0 Å². The Kier molecular flexibility index (Phi) is 15.1. The summed E-state index contributed by atoms with van der Waals surface area (Å²) in [7, 11) is -1.00. The number of azide groups is 1. The molecule has 4 aromatic rings. The Morgan fingerprint density at radius 1 is 0.917 bits per heavy atom. The smallest absolute Gasteiger partial charge is 0.388 e. The minimum atomic E-state index is -1.27. The van der Waals surface area contributed by atoms with Crippen molar-refractivity contribution in [3.05, 3.63) is 71.4 Å². The number of alkyl halides is 2. The van der Waals surface area contributed by atoms with E-state index in [0.29, 0.717) is 21.7 Å². The van der Waals surface area contributed by atoms with Crippen molar-refractivity contribution in [3.8, 4) is 0 Å². The fraction of sp³-hybridized carbons (Fsp3) is 0.565. The maximum absolute atomic E-state index is 11.8. The van der Waals surface area contributed by atoms with Gasteiger partial charge in [-0.1, -0.05) is 27.7 Å². The largest absolute Gasteiger partial charge is 1.00 e. The van der Waals surface area contributed by atoms with Crippen LogP contribution in [0, 0.1) is 13.8 Å². The van der Waals surface area contributed by atoms with E-state index >= 15 is 0 Å². The summed E-state index contributed by atoms with van der Waals surface area (Å²) < 4.78 is 30.1. The van der Waals surface area contributed by atoms with Gasteiger partial charge in [-0.15, -0.1) is 0 Å². The van der Waals surface area contributed by atoms with E-state index in [-0.39, 0.29) is 58.3 Å². The molecule has 25 heteroatoms. The Balaban J connectivity index is 0.000000289. The van der Waals surface area contributed by atoms with Crippen molar-refractivity contribution in [1.82, 2.24) is 39.0 Å². The Morgan fingerprint density at radius 2 is 1.31 bits per heavy atom. The van der Waals surface area contributed by atoms with Crippen molar-refractivity contribution in [2.75, 3.05) is 18.1 Å². The third-order valence-corrected chi connectivity index (χ3v) is 7.67. The first-order chi connectivity index (χ1) is 22.9. The van der Waals surface area contributed by atoms with Crippen LogP contribution in [0.3, 0.4) is 0 Å². The van der Waals surface area contributed by atoms with Crippen LogP contribution in [0.15, 0.2) is 27.4 Å². The Labute approximate surface area is 305 Å². The van der Waals surface area contributed by atoms with Crippen molar-refractivity contribution in [2.24, 2.45) is 5.11 Å². The molecule has 0 saturated carbocycles. The maximum atomic E-state index is 11.8. The summed E-state index contributed by atoms with van der Waals surface area (Å²) in [4.78, 5) is 49.1. The number of fused-ring (bicyclic) bond motifs is 2. The number of imidazole rings is 2. The van der Waals surface area contributed by atoms with Gasteiger partial charge in [-0.2, -0.15) is 0 Å². The molecule has 6 heterocycles. The number of halogens is 2. The van der Waals surface area contributed by atoms with Crippen molar-refractivity contribution in [2.45, 2.75) is 62.9 Å². The van der Waals surface area contributed by atoms with E-state index in [1.165, 1.54) is 26.7 Å². The summed E-state index contributed by atoms with van der Waals surface area (Å²) in [5.41, 5.74) is 21.9. The van der Waals surface area contributed by atoms with Crippen LogP contribution in [0.5, 0.6) is 0 Å². The number of aromatic amines is 2. The zero-order chi connectivity index (χ0) is 35.7. The van der Waals surface area contributed by atoms with Gasteiger partial charge in [-0.3, -0.25) is 28.0 Å². The molecule has 0 aromatic carbocycles. The van der Waals surface area contributed by atoms with Crippen LogP contribution >= 0.6 is 22.6 Å². The second-order valence-electron chi connectivity index (χ2n) is 9.70. The van der Waals surface area contributed by atoms with E-state index in [0.717, 1.165) is 0 Å². The van der Waals surface area contributed by atoms with Crippen LogP contribution in [0.4, 0.5) is 4.39 Å². The topological polar surface area (TPSA) is 334 Å². The van der Waals surface area contributed by atoms with Gasteiger partial charge in [0.1, 0.15) is 36.1 Å². The van der Waals surface area contributed by atoms with Gasteiger partial charge >= 0.3 is 29.6 Å². The molecular weight excluding hydrogens is 769 g/mol. The molecule has 0 spiro atoms. The van der Waals surface area contributed by atoms with Crippen molar-refractivity contribution in [1.29, 1.82) is 0 Å². The van der Waals surface area contributed by atoms with E-state index in [9.17, 15) is 34.4 Å². The molecule has 0 aliphatic carbocycles. The normalized spacial score (nSPS) is 26.0. The third kappa shape index (κ3) is 8.66. The quantitative estimate of drug-likeness (QED) is 0.0300. The summed E-state index contributed by atoms with van der Waals surface area (Å²) >= 11 is 2.08. The fourth-order valence-corrected chi connectivity index (χ4v) is 5.49. The molecule has 2 unspecified atom stereocenters. The first-order valence-corrected chi connectivity index (χ1v) is 14.7. The predicted octanol–water partition coefficient (Wildman–Crippen LogP) is -2.70. The molecule has 2 aliphatic heterocycles. The number of aliphatic hydroxyl groups is 4. The molecular formula is C23H29FIN14NaO8. The van der Waals surface area contributed by atoms with E-state index in [2.05, 4.69) is 62.5 Å². The molecule has 0 amide bonds. The van der Waals surface area contributed by atoms with Crippen LogP contribution in [0.1, 0.15) is 25.5 Å². The van der Waals surface area contributed by atoms with Gasteiger partial charge in [0.15, 0.2) is 34.8 Å². The van der Waals surface area contributed by atoms with E-state index < -0.39 is 61.8 Å². The molecule has 22 nitrogen and oxygen atoms in total. The van der Waals surface area contributed by atoms with Crippen LogP contribution in [0.25, 0.3) is 48.7 Å². The average Bonchev–Trinajstić information content (AvgIpc) is 3.79. The zero-order valence-corrected chi connectivity index (χ0v) is 29.6. The fourth-order valence-electron chi connectivity index (χ4n) is 4.76. The number of aliphatic hydroxyl groups excluding tert-OH is 4. The molecule has 6 rings (SSSR count). The minimum absolute atomic E-state index is 0. The molecule has 48 heavy (non-hydrogen) atoms. The minimum Gasteiger partial charge on any atom is -0.388 e. The van der Waals surface area contributed by atoms with Gasteiger partial charge in [0.05, 0.1) is 39.9 Å². The molecule has 6 N–H and O–H groups in total. The van der Waals surface area contributed by atoms with Crippen LogP contribution in [-0.4, -0.2) is 114 Å². The maximum Gasteiger partial charge on any atom is 1.00 e. The second kappa shape index (κ2) is 18.5. The van der Waals surface area contributed by atoms with Gasteiger partial charge in [-0.05, 0) is 19.4 Å². The summed E-state index contributed by atoms with van der Waals surface area (Å²) in [6, 6.07) is 0. The molecule has 2 aliphatic rings. The van der Waals surface area contributed by atoms with E-state index in [4.69, 9.17) is 27.4 Å². The van der Waals surface area contributed by atoms with Crippen LogP contribution in [-0.2, 0) is 9.47 Å². The summed E-state index contributed by atoms with van der Waals surface area (Å²) in [6.07, 6.45) is -4.95. The molecule has 2 fully saturated rings. The number of aryl methyl sites for hydroxylation is 2. The Morgan fingerprint density at radius 3 is 1.69 bits per heavy atom. The van der Waals surface area contributed by atoms with Crippen molar-refractivity contribution >= 4 is 44.9 Å². The summed E-state index contributed by atoms with van der Waals surface area (Å²) in [5.74, 6) is 0.834. The van der Waals surface area contributed by atoms with Gasteiger partial charge in [0.2, 0.25) is 0 Å². The number of ether oxygens (including phenoxy) is 2. The molecule has 8 atom stereocenters. The van der Waals surface area contributed by atoms with Gasteiger partial charge in [-0.25, -0.2) is 19.9 Å². The van der Waals surface area contributed by atoms with Crippen molar-refractivity contribution < 1.29 is 65.2 Å². The zero-order valence-electron chi connectivity index (χ0n) is 26.4. The summed E-state index contributed by atoms with van der Waals surface area (Å²) in [6.45, 7) is 3.15. The van der Waals surface area contributed by atoms with Gasteiger partial charge in [0, 0.05) is 9.34 Å². The first-order valence-electron chi connectivity index (χ1n) is 13.9. The van der Waals surface area contributed by atoms with Crippen molar-refractivity contribution in [3.63, 3.8) is 0 Å². The SMILES string of the molecule is Cc1nc2c(ncn2[C@@H]2O[C@H](CI)C(O)[C@@H]2O)c(=O)[nH]1.Cc1nc2c(ncn2[C@@H]2O[C@H](CN=[N+]=[N-])C(O)[C@@H]2O)c(=O)[nH]1.[2H]CF.[N-]=[N+]=[N-].[Na+]. The molecule has 254 valence electrons. The predicted molar refractivity (Wildman–Crippen MR) is 168 cm³/mol. The Hall–Kier alpha value is -3.26. The number of hydrogen-bond donors (Lipinski definition) is 6. The number of rotatable bonds is 5. The second-order valence-corrected chi connectivity index (χ2v) is 10.6. The number of H-pyrrole nitrogens is 2. The van der Waals surface area contributed by atoms with E-state index in [1.54, 1.807) is 13.8 Å². The molecule has 2 saturated heterocycles. The molecule has 0 radical (unpaired) electrons. The number of nitrogens with one attached hydrogen (secondary N) is 2. The summed E-state index contributed by atoms with van der Waals surface area (Å²) in [5, 5.41) is 43.4. The van der Waals surface area contributed by atoms with Gasteiger partial charge in [0.25, 0.3) is 11.1 Å². The monoisotopic (exact) mass is 799 g/mol. The van der Waals surface area contributed by atoms with E-state index in [1.807, 2.05) is 0 Å². The molecule has 0 bridgehead atoms. The number of hydrogen-bond acceptors (Lipinski definition) is 13. The average molecular weight is 799 g/mol. The van der Waals surface area contributed by atoms with Gasteiger partial charge < -0.3 is 50.9 Å². The number of nitrogens with zero attached hydrogens (tertiary/aromatic N) is 12. The molecule has 4 aromatic heterocycles. The first kappa shape index (κ1) is 39.2.